The molecule has 0 aliphatic heterocycles. The van der Waals surface area contributed by atoms with Crippen LogP contribution in [0.1, 0.15) is 24.8 Å². The lowest BCUT2D eigenvalue weighted by molar-refractivity contribution is -0.117. The monoisotopic (exact) mass is 241 g/mol. The highest BCUT2D eigenvalue weighted by atomic mass is 16.1. The lowest BCUT2D eigenvalue weighted by atomic mass is 9.96. The molecule has 1 heterocycles. The fourth-order valence-corrected chi connectivity index (χ4v) is 1.83. The van der Waals surface area contributed by atoms with Crippen LogP contribution in [0.4, 0.5) is 5.82 Å². The highest BCUT2D eigenvalue weighted by molar-refractivity contribution is 5.94. The molecule has 1 atom stereocenters. The van der Waals surface area contributed by atoms with Gasteiger partial charge in [-0.2, -0.15) is 0 Å². The van der Waals surface area contributed by atoms with Crippen LogP contribution in [0, 0.1) is 0 Å². The Morgan fingerprint density at radius 1 is 1.28 bits per heavy atom. The standard InChI is InChI=1S/C14H15N3O/c1-2-12(11-6-4-3-5-7-11)14(18)17-13-10-15-8-9-16-13/h3-10,12H,2H2,1H3,(H,16,17,18)/t12-/m0/s1. The van der Waals surface area contributed by atoms with E-state index in [2.05, 4.69) is 15.3 Å². The molecular weight excluding hydrogens is 226 g/mol. The normalized spacial score (nSPS) is 11.8. The van der Waals surface area contributed by atoms with Crippen LogP contribution >= 0.6 is 0 Å². The number of hydrogen-bond donors (Lipinski definition) is 1. The van der Waals surface area contributed by atoms with Crippen molar-refractivity contribution in [2.75, 3.05) is 5.32 Å². The van der Waals surface area contributed by atoms with Crippen LogP contribution in [0.25, 0.3) is 0 Å². The maximum Gasteiger partial charge on any atom is 0.233 e. The Morgan fingerprint density at radius 2 is 2.06 bits per heavy atom. The maximum atomic E-state index is 12.2. The summed E-state index contributed by atoms with van der Waals surface area (Å²) >= 11 is 0. The molecule has 18 heavy (non-hydrogen) atoms. The molecule has 1 aromatic carbocycles. The topological polar surface area (TPSA) is 54.9 Å². The number of carbonyl (C=O) groups is 1. The first-order valence-electron chi connectivity index (χ1n) is 5.93. The highest BCUT2D eigenvalue weighted by Crippen LogP contribution is 2.20. The van der Waals surface area contributed by atoms with Gasteiger partial charge in [-0.15, -0.1) is 0 Å². The van der Waals surface area contributed by atoms with E-state index in [9.17, 15) is 4.79 Å². The van der Waals surface area contributed by atoms with Gasteiger partial charge in [0.15, 0.2) is 5.82 Å². The lowest BCUT2D eigenvalue weighted by Crippen LogP contribution is -2.21. The Kier molecular flexibility index (Phi) is 4.02. The molecule has 1 amide bonds. The van der Waals surface area contributed by atoms with Crippen LogP contribution < -0.4 is 5.32 Å². The van der Waals surface area contributed by atoms with Gasteiger partial charge in [-0.25, -0.2) is 4.98 Å². The lowest BCUT2D eigenvalue weighted by Gasteiger charge is -2.14. The number of hydrogen-bond acceptors (Lipinski definition) is 3. The Morgan fingerprint density at radius 3 is 2.67 bits per heavy atom. The number of nitrogens with zero attached hydrogens (tertiary/aromatic N) is 2. The number of amides is 1. The molecule has 0 unspecified atom stereocenters. The number of anilines is 1. The molecule has 0 aliphatic carbocycles. The molecule has 4 nitrogen and oxygen atoms in total. The summed E-state index contributed by atoms with van der Waals surface area (Å²) in [6.07, 6.45) is 5.41. The quantitative estimate of drug-likeness (QED) is 0.895. The molecule has 2 rings (SSSR count). The van der Waals surface area contributed by atoms with Gasteiger partial charge in [-0.1, -0.05) is 37.3 Å². The van der Waals surface area contributed by atoms with E-state index in [1.165, 1.54) is 6.20 Å². The van der Waals surface area contributed by atoms with Gasteiger partial charge >= 0.3 is 0 Å². The van der Waals surface area contributed by atoms with Crippen molar-refractivity contribution in [3.8, 4) is 0 Å². The molecule has 4 heteroatoms. The second-order valence-corrected chi connectivity index (χ2v) is 3.95. The van der Waals surface area contributed by atoms with Gasteiger partial charge in [0, 0.05) is 12.4 Å². The summed E-state index contributed by atoms with van der Waals surface area (Å²) in [6, 6.07) is 9.74. The Balaban J connectivity index is 2.12. The van der Waals surface area contributed by atoms with Gasteiger partial charge in [0.1, 0.15) is 0 Å². The molecule has 92 valence electrons. The van der Waals surface area contributed by atoms with E-state index in [4.69, 9.17) is 0 Å². The molecule has 2 aromatic rings. The fourth-order valence-electron chi connectivity index (χ4n) is 1.83. The first kappa shape index (κ1) is 12.2. The minimum absolute atomic E-state index is 0.0517. The number of carbonyl (C=O) groups excluding carboxylic acids is 1. The van der Waals surface area contributed by atoms with Crippen molar-refractivity contribution < 1.29 is 4.79 Å². The van der Waals surface area contributed by atoms with Gasteiger partial charge in [0.05, 0.1) is 12.1 Å². The second-order valence-electron chi connectivity index (χ2n) is 3.95. The van der Waals surface area contributed by atoms with Crippen molar-refractivity contribution in [2.45, 2.75) is 19.3 Å². The summed E-state index contributed by atoms with van der Waals surface area (Å²) in [5.74, 6) is 0.272. The van der Waals surface area contributed by atoms with Crippen LogP contribution in [0.15, 0.2) is 48.9 Å². The van der Waals surface area contributed by atoms with Crippen LogP contribution in [-0.2, 0) is 4.79 Å². The second kappa shape index (κ2) is 5.91. The van der Waals surface area contributed by atoms with Crippen molar-refractivity contribution in [1.82, 2.24) is 9.97 Å². The summed E-state index contributed by atoms with van der Waals surface area (Å²) in [7, 11) is 0. The van der Waals surface area contributed by atoms with E-state index in [1.54, 1.807) is 12.4 Å². The fraction of sp³-hybridized carbons (Fsp3) is 0.214. The Bertz CT molecular complexity index is 499. The molecule has 0 saturated carbocycles. The smallest absolute Gasteiger partial charge is 0.233 e. The predicted octanol–water partition coefficient (Wildman–Crippen LogP) is 2.61. The third-order valence-electron chi connectivity index (χ3n) is 2.74. The summed E-state index contributed by atoms with van der Waals surface area (Å²) in [4.78, 5) is 20.1. The summed E-state index contributed by atoms with van der Waals surface area (Å²) in [5.41, 5.74) is 1.02. The molecule has 0 spiro atoms. The zero-order valence-electron chi connectivity index (χ0n) is 10.2. The van der Waals surface area contributed by atoms with E-state index >= 15 is 0 Å². The van der Waals surface area contributed by atoms with Crippen molar-refractivity contribution >= 4 is 11.7 Å². The van der Waals surface area contributed by atoms with Crippen LogP contribution in [0.2, 0.25) is 0 Å². The maximum absolute atomic E-state index is 12.2. The highest BCUT2D eigenvalue weighted by Gasteiger charge is 2.18. The zero-order valence-corrected chi connectivity index (χ0v) is 10.2. The molecular formula is C14H15N3O. The minimum Gasteiger partial charge on any atom is -0.309 e. The van der Waals surface area contributed by atoms with E-state index in [1.807, 2.05) is 37.3 Å². The summed E-state index contributed by atoms with van der Waals surface area (Å²) < 4.78 is 0. The first-order valence-corrected chi connectivity index (χ1v) is 5.93. The van der Waals surface area contributed by atoms with Gasteiger partial charge in [-0.3, -0.25) is 9.78 Å². The molecule has 0 bridgehead atoms. The van der Waals surface area contributed by atoms with E-state index in [0.29, 0.717) is 5.82 Å². The van der Waals surface area contributed by atoms with Gasteiger partial charge < -0.3 is 5.32 Å². The third-order valence-corrected chi connectivity index (χ3v) is 2.74. The summed E-state index contributed by atoms with van der Waals surface area (Å²) in [5, 5.41) is 2.78. The van der Waals surface area contributed by atoms with E-state index in [0.717, 1.165) is 12.0 Å². The molecule has 1 N–H and O–H groups in total. The van der Waals surface area contributed by atoms with Crippen molar-refractivity contribution in [1.29, 1.82) is 0 Å². The molecule has 0 saturated heterocycles. The number of benzene rings is 1. The molecule has 0 aliphatic rings. The number of rotatable bonds is 4. The predicted molar refractivity (Wildman–Crippen MR) is 70.1 cm³/mol. The Hall–Kier alpha value is -2.23. The number of nitrogens with one attached hydrogen (secondary N) is 1. The van der Waals surface area contributed by atoms with Crippen molar-refractivity contribution in [3.63, 3.8) is 0 Å². The van der Waals surface area contributed by atoms with Crippen LogP contribution in [0.3, 0.4) is 0 Å². The summed E-state index contributed by atoms with van der Waals surface area (Å²) in [6.45, 7) is 1.99. The van der Waals surface area contributed by atoms with Crippen LogP contribution in [-0.4, -0.2) is 15.9 Å². The van der Waals surface area contributed by atoms with Crippen LogP contribution in [0.5, 0.6) is 0 Å². The van der Waals surface area contributed by atoms with E-state index in [-0.39, 0.29) is 11.8 Å². The van der Waals surface area contributed by atoms with Gasteiger partial charge in [-0.05, 0) is 12.0 Å². The third kappa shape index (κ3) is 2.91. The van der Waals surface area contributed by atoms with Crippen molar-refractivity contribution in [3.05, 3.63) is 54.5 Å². The zero-order chi connectivity index (χ0) is 12.8. The average Bonchev–Trinajstić information content (AvgIpc) is 2.42. The molecule has 0 fully saturated rings. The van der Waals surface area contributed by atoms with Crippen molar-refractivity contribution in [2.24, 2.45) is 0 Å². The van der Waals surface area contributed by atoms with E-state index < -0.39 is 0 Å². The molecule has 0 radical (unpaired) electrons. The SMILES string of the molecule is CC[C@H](C(=O)Nc1cnccn1)c1ccccc1. The minimum atomic E-state index is -0.159. The van der Waals surface area contributed by atoms with Gasteiger partial charge in [0.2, 0.25) is 5.91 Å². The number of aromatic nitrogens is 2. The molecule has 1 aromatic heterocycles. The first-order chi connectivity index (χ1) is 8.81. The largest absolute Gasteiger partial charge is 0.309 e. The van der Waals surface area contributed by atoms with Gasteiger partial charge in [0.25, 0.3) is 0 Å². The average molecular weight is 241 g/mol. The Labute approximate surface area is 106 Å².